The molecule has 1 aliphatic rings. The molecule has 1 aliphatic carbocycles. The van der Waals surface area contributed by atoms with Crippen LogP contribution in [0.1, 0.15) is 27.2 Å². The second-order valence-electron chi connectivity index (χ2n) is 7.16. The van der Waals surface area contributed by atoms with Crippen LogP contribution in [-0.2, 0) is 0 Å². The second-order valence-corrected chi connectivity index (χ2v) is 12.3. The maximum Gasteiger partial charge on any atom is 0.0427 e. The molecule has 0 aliphatic heterocycles. The third-order valence-corrected chi connectivity index (χ3v) is 10.1. The second kappa shape index (κ2) is 7.11. The Morgan fingerprint density at radius 2 is 1.40 bits per heavy atom. The normalized spacial score (nSPS) is 18.5. The van der Waals surface area contributed by atoms with Crippen LogP contribution in [-0.4, -0.2) is 9.30 Å². The van der Waals surface area contributed by atoms with Gasteiger partial charge in [0.15, 0.2) is 0 Å². The molecule has 0 amide bonds. The third kappa shape index (κ3) is 3.62. The Labute approximate surface area is 154 Å². The van der Waals surface area contributed by atoms with Crippen molar-refractivity contribution in [3.05, 3.63) is 89.3 Å². The van der Waals surface area contributed by atoms with Gasteiger partial charge in [0.25, 0.3) is 0 Å². The van der Waals surface area contributed by atoms with Crippen LogP contribution in [0.4, 0.5) is 0 Å². The number of hydrogen-bond donors (Lipinski definition) is 1. The molecule has 25 heavy (non-hydrogen) atoms. The van der Waals surface area contributed by atoms with Gasteiger partial charge in [-0.1, -0.05) is 93.6 Å². The molecule has 0 saturated heterocycles. The van der Waals surface area contributed by atoms with Gasteiger partial charge in [0.2, 0.25) is 0 Å². The minimum Gasteiger partial charge on any atom is -0.346 e. The Kier molecular flexibility index (Phi) is 5.25. The van der Waals surface area contributed by atoms with E-state index in [1.807, 2.05) is 32.9 Å². The van der Waals surface area contributed by atoms with Gasteiger partial charge in [-0.2, -0.15) is 0 Å². The molecule has 1 atom stereocenters. The number of rotatable bonds is 4. The van der Waals surface area contributed by atoms with Gasteiger partial charge < -0.3 is 4.55 Å². The van der Waals surface area contributed by atoms with Crippen LogP contribution in [0.3, 0.4) is 0 Å². The average Bonchev–Trinajstić information content (AvgIpc) is 3.06. The van der Waals surface area contributed by atoms with Gasteiger partial charge in [-0.25, -0.2) is 0 Å². The van der Waals surface area contributed by atoms with Crippen molar-refractivity contribution < 1.29 is 4.55 Å². The molecular formula is C22H25OPS. The summed E-state index contributed by atoms with van der Waals surface area (Å²) in [5.41, 5.74) is 0. The highest BCUT2D eigenvalue weighted by molar-refractivity contribution is 8.34. The summed E-state index contributed by atoms with van der Waals surface area (Å²) in [5, 5.41) is 3.87. The molecule has 0 heterocycles. The summed E-state index contributed by atoms with van der Waals surface area (Å²) in [6, 6.07) is 21.2. The summed E-state index contributed by atoms with van der Waals surface area (Å²) >= 11 is 0. The highest BCUT2D eigenvalue weighted by Gasteiger charge is 2.38. The van der Waals surface area contributed by atoms with Crippen LogP contribution in [0, 0.1) is 6.26 Å². The van der Waals surface area contributed by atoms with Crippen molar-refractivity contribution in [2.45, 2.75) is 31.9 Å². The lowest BCUT2D eigenvalue weighted by Gasteiger charge is -2.43. The summed E-state index contributed by atoms with van der Waals surface area (Å²) in [5.74, 6) is 0. The fourth-order valence-electron chi connectivity index (χ4n) is 2.90. The number of hydrogen-bond acceptors (Lipinski definition) is 1. The van der Waals surface area contributed by atoms with Gasteiger partial charge >= 0.3 is 0 Å². The Morgan fingerprint density at radius 3 is 1.84 bits per heavy atom. The van der Waals surface area contributed by atoms with E-state index < -0.39 is 18.2 Å². The molecule has 130 valence electrons. The fraction of sp³-hybridized carbons (Fsp3) is 0.227. The van der Waals surface area contributed by atoms with E-state index >= 15 is 0 Å². The summed E-state index contributed by atoms with van der Waals surface area (Å²) in [7, 11) is -3.08. The maximum absolute atomic E-state index is 11.2. The van der Waals surface area contributed by atoms with Gasteiger partial charge in [-0.15, -0.1) is 10.3 Å². The number of allylic oxidation sites excluding steroid dienone is 3. The molecule has 0 spiro atoms. The van der Waals surface area contributed by atoms with Crippen LogP contribution in [0.5, 0.6) is 0 Å². The standard InChI is InChI=1S/C22H25OPS/c1-22(2,3)25(4,23)21-17-11-16-20(21)24(18-12-7-5-8-13-18)19-14-9-6-10-15-19/h4-15,17,23H,16H2,1-3H3. The zero-order valence-corrected chi connectivity index (χ0v) is 16.7. The fourth-order valence-corrected chi connectivity index (χ4v) is 7.45. The quantitative estimate of drug-likeness (QED) is 0.653. The first-order chi connectivity index (χ1) is 11.8. The largest absolute Gasteiger partial charge is 0.346 e. The van der Waals surface area contributed by atoms with E-state index in [-0.39, 0.29) is 4.75 Å². The molecule has 2 aromatic rings. The van der Waals surface area contributed by atoms with Crippen molar-refractivity contribution in [1.82, 2.24) is 0 Å². The van der Waals surface area contributed by atoms with Gasteiger partial charge in [0.05, 0.1) is 0 Å². The van der Waals surface area contributed by atoms with E-state index in [1.54, 1.807) is 0 Å². The van der Waals surface area contributed by atoms with Crippen molar-refractivity contribution >= 4 is 28.8 Å². The third-order valence-electron chi connectivity index (χ3n) is 4.43. The first-order valence-electron chi connectivity index (χ1n) is 8.45. The Bertz CT molecular complexity index is 746. The molecule has 3 heteroatoms. The molecule has 3 rings (SSSR count). The van der Waals surface area contributed by atoms with Crippen LogP contribution < -0.4 is 10.6 Å². The van der Waals surface area contributed by atoms with E-state index in [9.17, 15) is 4.55 Å². The van der Waals surface area contributed by atoms with Crippen LogP contribution in [0.15, 0.2) is 83.0 Å². The van der Waals surface area contributed by atoms with E-state index in [0.29, 0.717) is 0 Å². The van der Waals surface area contributed by atoms with Gasteiger partial charge in [0, 0.05) is 15.9 Å². The monoisotopic (exact) mass is 368 g/mol. The van der Waals surface area contributed by atoms with Gasteiger partial charge in [-0.05, 0) is 30.3 Å². The lowest BCUT2D eigenvalue weighted by atomic mass is 10.3. The van der Waals surface area contributed by atoms with E-state index in [4.69, 9.17) is 6.26 Å². The lowest BCUT2D eigenvalue weighted by molar-refractivity contribution is 0.597. The molecule has 2 radical (unpaired) electrons. The molecule has 0 aromatic heterocycles. The highest BCUT2D eigenvalue weighted by Crippen LogP contribution is 2.66. The Hall–Kier alpha value is -1.34. The maximum atomic E-state index is 11.2. The first kappa shape index (κ1) is 18.5. The minimum absolute atomic E-state index is 0.364. The molecule has 2 aromatic carbocycles. The SMILES string of the molecule is [CH]S(O)(C1=C(P(c2ccccc2)c2ccccc2)CC=C1)C(C)(C)C. The van der Waals surface area contributed by atoms with E-state index in [1.165, 1.54) is 15.9 Å². The summed E-state index contributed by atoms with van der Waals surface area (Å²) in [6.45, 7) is 6.06. The molecule has 0 fully saturated rings. The van der Waals surface area contributed by atoms with Crippen molar-refractivity contribution in [2.75, 3.05) is 0 Å². The predicted octanol–water partition coefficient (Wildman–Crippen LogP) is 6.04. The van der Waals surface area contributed by atoms with Crippen molar-refractivity contribution in [1.29, 1.82) is 0 Å². The minimum atomic E-state index is -2.38. The predicted molar refractivity (Wildman–Crippen MR) is 114 cm³/mol. The van der Waals surface area contributed by atoms with E-state index in [0.717, 1.165) is 11.3 Å². The van der Waals surface area contributed by atoms with Crippen molar-refractivity contribution in [3.63, 3.8) is 0 Å². The lowest BCUT2D eigenvalue weighted by Crippen LogP contribution is -2.24. The topological polar surface area (TPSA) is 20.2 Å². The first-order valence-corrected chi connectivity index (χ1v) is 11.4. The van der Waals surface area contributed by atoms with E-state index in [2.05, 4.69) is 60.7 Å². The molecule has 1 unspecified atom stereocenters. The molecule has 0 saturated carbocycles. The smallest absolute Gasteiger partial charge is 0.0427 e. The van der Waals surface area contributed by atoms with Gasteiger partial charge in [-0.3, -0.25) is 0 Å². The zero-order valence-electron chi connectivity index (χ0n) is 15.0. The summed E-state index contributed by atoms with van der Waals surface area (Å²) in [6.07, 6.45) is 11.6. The summed E-state index contributed by atoms with van der Waals surface area (Å²) < 4.78 is 10.9. The molecule has 1 nitrogen and oxygen atoms in total. The van der Waals surface area contributed by atoms with Crippen molar-refractivity contribution in [3.8, 4) is 0 Å². The van der Waals surface area contributed by atoms with Crippen LogP contribution in [0.2, 0.25) is 0 Å². The summed E-state index contributed by atoms with van der Waals surface area (Å²) in [4.78, 5) is 0.957. The Morgan fingerprint density at radius 1 is 0.920 bits per heavy atom. The molecule has 1 N–H and O–H groups in total. The molecular weight excluding hydrogens is 343 g/mol. The zero-order chi connectivity index (χ0) is 18.1. The number of benzene rings is 2. The van der Waals surface area contributed by atoms with Crippen LogP contribution >= 0.6 is 18.2 Å². The van der Waals surface area contributed by atoms with Crippen molar-refractivity contribution in [2.24, 2.45) is 0 Å². The van der Waals surface area contributed by atoms with Crippen LogP contribution in [0.25, 0.3) is 0 Å². The molecule has 0 bridgehead atoms. The highest BCUT2D eigenvalue weighted by atomic mass is 32.3. The Balaban J connectivity index is 2.18. The average molecular weight is 368 g/mol. The van der Waals surface area contributed by atoms with Gasteiger partial charge in [0.1, 0.15) is 0 Å².